The molecular formula is C11H12Cl12. The number of benzene rings is 1. The summed E-state index contributed by atoms with van der Waals surface area (Å²) < 4.78 is -2.36. The molecule has 0 aliphatic heterocycles. The number of hydrogen-bond acceptors (Lipinski definition) is 0. The molecule has 1 aromatic carbocycles. The maximum Gasteiger partial charge on any atom is 0.266 e. The van der Waals surface area contributed by atoms with Crippen molar-refractivity contribution in [1.82, 2.24) is 0 Å². The van der Waals surface area contributed by atoms with Crippen molar-refractivity contribution >= 4 is 139 Å². The van der Waals surface area contributed by atoms with Gasteiger partial charge in [0.1, 0.15) is 4.84 Å². The van der Waals surface area contributed by atoms with E-state index in [1.54, 1.807) is 6.92 Å². The molecule has 0 saturated heterocycles. The molecule has 23 heavy (non-hydrogen) atoms. The van der Waals surface area contributed by atoms with Crippen molar-refractivity contribution in [3.8, 4) is 0 Å². The lowest BCUT2D eigenvalue weighted by atomic mass is 10.4. The minimum Gasteiger partial charge on any atom is -0.109 e. The summed E-state index contributed by atoms with van der Waals surface area (Å²) in [5, 5.41) is 0.988. The number of rotatable bonds is 0. The molecule has 0 aliphatic rings. The van der Waals surface area contributed by atoms with Crippen molar-refractivity contribution in [1.29, 1.82) is 0 Å². The van der Waals surface area contributed by atoms with Crippen LogP contribution in [0.25, 0.3) is 0 Å². The molecule has 0 atom stereocenters. The molecule has 0 radical (unpaired) electrons. The van der Waals surface area contributed by atoms with Crippen molar-refractivity contribution < 1.29 is 0 Å². The maximum absolute atomic E-state index is 5.54. The van der Waals surface area contributed by atoms with Crippen LogP contribution in [0.15, 0.2) is 30.3 Å². The Morgan fingerprint density at radius 1 is 0.826 bits per heavy atom. The van der Waals surface area contributed by atoms with Crippen LogP contribution in [0.2, 0.25) is 5.02 Å². The summed E-state index contributed by atoms with van der Waals surface area (Å²) >= 11 is 58.9. The van der Waals surface area contributed by atoms with Crippen LogP contribution >= 0.6 is 139 Å². The fourth-order valence-electron chi connectivity index (χ4n) is 0.415. The fourth-order valence-corrected chi connectivity index (χ4v) is 0.560. The Bertz CT molecular complexity index is 280. The Morgan fingerprint density at radius 3 is 1.09 bits per heavy atom. The highest BCUT2D eigenvalue weighted by Crippen LogP contribution is 2.29. The Hall–Kier alpha value is 2.70. The summed E-state index contributed by atoms with van der Waals surface area (Å²) in [5.41, 5.74) is 0. The van der Waals surface area contributed by atoms with Crippen LogP contribution in [0.5, 0.6) is 0 Å². The first kappa shape index (κ1) is 33.3. The second kappa shape index (κ2) is 24.7. The zero-order valence-electron chi connectivity index (χ0n) is 11.3. The summed E-state index contributed by atoms with van der Waals surface area (Å²) in [6.07, 6.45) is 0. The average Bonchev–Trinajstić information content (AvgIpc) is 2.26. The first-order chi connectivity index (χ1) is 10.3. The van der Waals surface area contributed by atoms with E-state index in [4.69, 9.17) is 139 Å². The predicted molar refractivity (Wildman–Crippen MR) is 117 cm³/mol. The smallest absolute Gasteiger partial charge is 0.109 e. The highest BCUT2D eigenvalue weighted by molar-refractivity contribution is 6.83. The molecule has 140 valence electrons. The van der Waals surface area contributed by atoms with Gasteiger partial charge in [-0.2, -0.15) is 0 Å². The lowest BCUT2D eigenvalue weighted by molar-refractivity contribution is 1.39. The Morgan fingerprint density at radius 2 is 1.00 bits per heavy atom. The van der Waals surface area contributed by atoms with Crippen LogP contribution in [0.1, 0.15) is 6.92 Å². The molecule has 0 nitrogen and oxygen atoms in total. The topological polar surface area (TPSA) is 0 Å². The molecule has 1 rings (SSSR count). The molecule has 0 aromatic heterocycles. The van der Waals surface area contributed by atoms with E-state index < -0.39 is 7.55 Å². The molecule has 0 spiro atoms. The van der Waals surface area contributed by atoms with Crippen molar-refractivity contribution in [2.75, 3.05) is 5.34 Å². The summed E-state index contributed by atoms with van der Waals surface area (Å²) in [7, 11) is 0. The van der Waals surface area contributed by atoms with Gasteiger partial charge in [0, 0.05) is 5.02 Å². The van der Waals surface area contributed by atoms with Gasteiger partial charge >= 0.3 is 0 Å². The van der Waals surface area contributed by atoms with E-state index in [1.807, 2.05) is 30.3 Å². The maximum atomic E-state index is 5.54. The second-order valence-corrected chi connectivity index (χ2v) is 10.8. The summed E-state index contributed by atoms with van der Waals surface area (Å²) in [4.78, 5) is -0.222. The standard InChI is InChI=1S/C6H5Cl.C2H4Cl2.CCl4.CHCl3.CH2Cl2/c7-6-4-2-1-3-5-6;1-2(3)4;2-1(3,4)5;2-1(3)4;2-1-3/h1-5H;2H,1H3;;1H;1H2. The number of hydrogen-bond donors (Lipinski definition) is 0. The van der Waals surface area contributed by atoms with Crippen LogP contribution in [-0.2, 0) is 0 Å². The van der Waals surface area contributed by atoms with Crippen molar-refractivity contribution in [2.24, 2.45) is 0 Å². The van der Waals surface area contributed by atoms with Crippen molar-refractivity contribution in [3.05, 3.63) is 35.4 Å². The van der Waals surface area contributed by atoms with E-state index in [-0.39, 0.29) is 10.2 Å². The van der Waals surface area contributed by atoms with Gasteiger partial charge in [-0.25, -0.2) is 0 Å². The third-order valence-corrected chi connectivity index (χ3v) is 0.985. The van der Waals surface area contributed by atoms with Gasteiger partial charge in [-0.05, 0) is 19.1 Å². The molecule has 0 saturated carbocycles. The first-order valence-corrected chi connectivity index (χ1v) is 10.2. The fraction of sp³-hybridized carbons (Fsp3) is 0.455. The number of halogens is 12. The van der Waals surface area contributed by atoms with Crippen LogP contribution in [-0.4, -0.2) is 17.7 Å². The van der Waals surface area contributed by atoms with Gasteiger partial charge in [0.25, 0.3) is 3.25 Å². The van der Waals surface area contributed by atoms with E-state index in [0.717, 1.165) is 5.02 Å². The lowest BCUT2D eigenvalue weighted by Gasteiger charge is -1.91. The molecule has 0 aliphatic carbocycles. The van der Waals surface area contributed by atoms with E-state index in [1.165, 1.54) is 0 Å². The number of alkyl halides is 11. The van der Waals surface area contributed by atoms with E-state index in [0.29, 0.717) is 0 Å². The van der Waals surface area contributed by atoms with Gasteiger partial charge in [0.2, 0.25) is 0 Å². The Labute approximate surface area is 197 Å². The largest absolute Gasteiger partial charge is 0.266 e. The quantitative estimate of drug-likeness (QED) is 0.273. The lowest BCUT2D eigenvalue weighted by Crippen LogP contribution is -1.81. The third-order valence-electron chi connectivity index (χ3n) is 0.733. The molecule has 0 amide bonds. The Kier molecular flexibility index (Phi) is 35.8. The molecule has 1 aromatic rings. The highest BCUT2D eigenvalue weighted by atomic mass is 35.6. The monoisotopic (exact) mass is 564 g/mol. The van der Waals surface area contributed by atoms with Crippen LogP contribution < -0.4 is 0 Å². The van der Waals surface area contributed by atoms with Crippen LogP contribution in [0.4, 0.5) is 0 Å². The van der Waals surface area contributed by atoms with Gasteiger partial charge < -0.3 is 0 Å². The SMILES string of the molecule is CC(Cl)Cl.ClC(Cl)(Cl)Cl.ClC(Cl)Cl.ClCCl.Clc1ccccc1. The van der Waals surface area contributed by atoms with Crippen molar-refractivity contribution in [3.63, 3.8) is 0 Å². The van der Waals surface area contributed by atoms with Gasteiger partial charge in [-0.15, -0.1) is 46.4 Å². The molecule has 0 unspecified atom stereocenters. The molecular weight excluding hydrogens is 558 g/mol. The van der Waals surface area contributed by atoms with Crippen molar-refractivity contribution in [2.45, 2.75) is 19.3 Å². The Balaban J connectivity index is -0.000000102. The zero-order valence-corrected chi connectivity index (χ0v) is 20.4. The molecule has 12 heteroatoms. The summed E-state index contributed by atoms with van der Waals surface area (Å²) in [5.74, 6) is 0. The second-order valence-electron chi connectivity index (χ2n) is 2.59. The average molecular weight is 570 g/mol. The third kappa shape index (κ3) is 111. The molecule has 0 heterocycles. The summed E-state index contributed by atoms with van der Waals surface area (Å²) in [6, 6.07) is 9.44. The van der Waals surface area contributed by atoms with E-state index >= 15 is 0 Å². The van der Waals surface area contributed by atoms with Gasteiger partial charge in [-0.1, -0.05) is 111 Å². The summed E-state index contributed by atoms with van der Waals surface area (Å²) in [6.45, 7) is 1.70. The molecule has 0 fully saturated rings. The minimum absolute atomic E-state index is 0.194. The highest BCUT2D eigenvalue weighted by Gasteiger charge is 2.11. The van der Waals surface area contributed by atoms with Crippen LogP contribution in [0, 0.1) is 0 Å². The van der Waals surface area contributed by atoms with E-state index in [2.05, 4.69) is 0 Å². The van der Waals surface area contributed by atoms with Gasteiger partial charge in [-0.3, -0.25) is 0 Å². The van der Waals surface area contributed by atoms with Crippen LogP contribution in [0.3, 0.4) is 0 Å². The molecule has 0 bridgehead atoms. The molecule has 0 N–H and O–H groups in total. The zero-order chi connectivity index (χ0) is 19.5. The van der Waals surface area contributed by atoms with Gasteiger partial charge in [0.05, 0.1) is 5.34 Å². The first-order valence-electron chi connectivity index (χ1n) is 5.06. The normalized spacial score (nSPS) is 9.17. The predicted octanol–water partition coefficient (Wildman–Crippen LogP) is 10.1. The van der Waals surface area contributed by atoms with E-state index in [9.17, 15) is 0 Å². The van der Waals surface area contributed by atoms with Gasteiger partial charge in [0.15, 0.2) is 4.30 Å². The minimum atomic E-state index is -1.61.